The molecule has 7 nitrogen and oxygen atoms in total. The van der Waals surface area contributed by atoms with Crippen molar-refractivity contribution < 1.29 is 4.74 Å². The molecule has 0 fully saturated rings. The number of unbranched alkanes of at least 4 members (excludes halogenated alkanes) is 1. The second-order valence-corrected chi connectivity index (χ2v) is 8.05. The van der Waals surface area contributed by atoms with E-state index >= 15 is 0 Å². The summed E-state index contributed by atoms with van der Waals surface area (Å²) in [6, 6.07) is 7.81. The number of anilines is 2. The van der Waals surface area contributed by atoms with Crippen molar-refractivity contribution in [2.75, 3.05) is 17.2 Å². The topological polar surface area (TPSA) is 93.3 Å². The lowest BCUT2D eigenvalue weighted by Crippen LogP contribution is -2.39. The zero-order chi connectivity index (χ0) is 21.6. The van der Waals surface area contributed by atoms with Crippen LogP contribution in [0.4, 0.5) is 11.5 Å². The number of aromatic amines is 1. The Balaban J connectivity index is 2.52. The summed E-state index contributed by atoms with van der Waals surface area (Å²) in [5, 5.41) is 0. The van der Waals surface area contributed by atoms with Gasteiger partial charge in [-0.15, -0.1) is 0 Å². The van der Waals surface area contributed by atoms with Crippen LogP contribution in [0.2, 0.25) is 0 Å². The maximum absolute atomic E-state index is 12.7. The predicted molar refractivity (Wildman–Crippen MR) is 119 cm³/mol. The molecular weight excluding hydrogens is 368 g/mol. The summed E-state index contributed by atoms with van der Waals surface area (Å²) >= 11 is 0. The molecule has 0 bridgehead atoms. The maximum Gasteiger partial charge on any atom is 0.330 e. The molecule has 2 aromatic rings. The lowest BCUT2D eigenvalue weighted by atomic mass is 10.1. The van der Waals surface area contributed by atoms with Crippen molar-refractivity contribution >= 4 is 11.5 Å². The Morgan fingerprint density at radius 3 is 2.48 bits per heavy atom. The van der Waals surface area contributed by atoms with E-state index in [4.69, 9.17) is 10.5 Å². The van der Waals surface area contributed by atoms with Crippen molar-refractivity contribution in [2.45, 2.75) is 66.7 Å². The highest BCUT2D eigenvalue weighted by Crippen LogP contribution is 2.25. The van der Waals surface area contributed by atoms with Gasteiger partial charge in [-0.1, -0.05) is 45.4 Å². The molecule has 0 spiro atoms. The van der Waals surface area contributed by atoms with Gasteiger partial charge in [-0.2, -0.15) is 0 Å². The zero-order valence-electron chi connectivity index (χ0n) is 18.2. The second kappa shape index (κ2) is 10.2. The van der Waals surface area contributed by atoms with Crippen molar-refractivity contribution in [1.82, 2.24) is 9.55 Å². The Bertz CT molecular complexity index is 915. The molecule has 0 aliphatic rings. The smallest absolute Gasteiger partial charge is 0.330 e. The molecule has 0 aliphatic carbocycles. The van der Waals surface area contributed by atoms with Gasteiger partial charge in [-0.3, -0.25) is 14.3 Å². The molecular formula is C22H34N4O3. The number of para-hydroxylation sites is 1. The number of nitrogens with one attached hydrogen (secondary N) is 1. The summed E-state index contributed by atoms with van der Waals surface area (Å²) in [7, 11) is 0. The van der Waals surface area contributed by atoms with Gasteiger partial charge in [0.05, 0.1) is 6.10 Å². The number of benzene rings is 1. The van der Waals surface area contributed by atoms with Gasteiger partial charge in [-0.05, 0) is 32.3 Å². The van der Waals surface area contributed by atoms with Gasteiger partial charge in [0.15, 0.2) is 0 Å². The Kier molecular flexibility index (Phi) is 7.93. The fourth-order valence-electron chi connectivity index (χ4n) is 3.26. The van der Waals surface area contributed by atoms with Crippen LogP contribution in [0.25, 0.3) is 0 Å². The summed E-state index contributed by atoms with van der Waals surface area (Å²) in [5.74, 6) is 1.22. The van der Waals surface area contributed by atoms with E-state index in [1.807, 2.05) is 56.9 Å². The Morgan fingerprint density at radius 2 is 1.86 bits per heavy atom. The Hall–Kier alpha value is -2.70. The van der Waals surface area contributed by atoms with Crippen LogP contribution in [0, 0.1) is 5.92 Å². The van der Waals surface area contributed by atoms with Gasteiger partial charge >= 0.3 is 5.69 Å². The number of rotatable bonds is 10. The average molecular weight is 403 g/mol. The summed E-state index contributed by atoms with van der Waals surface area (Å²) < 4.78 is 7.40. The maximum atomic E-state index is 12.7. The number of H-pyrrole nitrogens is 1. The number of nitrogens with zero attached hydrogens (tertiary/aromatic N) is 2. The fraction of sp³-hybridized carbons (Fsp3) is 0.545. The first-order valence-corrected chi connectivity index (χ1v) is 10.4. The van der Waals surface area contributed by atoms with Crippen LogP contribution in [0.1, 0.15) is 53.0 Å². The van der Waals surface area contributed by atoms with E-state index in [9.17, 15) is 9.59 Å². The zero-order valence-corrected chi connectivity index (χ0v) is 18.2. The molecule has 1 heterocycles. The molecule has 0 saturated heterocycles. The molecule has 0 radical (unpaired) electrons. The van der Waals surface area contributed by atoms with Crippen LogP contribution in [-0.2, 0) is 13.1 Å². The monoisotopic (exact) mass is 402 g/mol. The highest BCUT2D eigenvalue weighted by atomic mass is 16.5. The summed E-state index contributed by atoms with van der Waals surface area (Å²) in [4.78, 5) is 29.4. The molecule has 1 aromatic carbocycles. The molecule has 0 unspecified atom stereocenters. The molecule has 0 atom stereocenters. The van der Waals surface area contributed by atoms with Gasteiger partial charge in [0, 0.05) is 25.2 Å². The van der Waals surface area contributed by atoms with Gasteiger partial charge in [0.25, 0.3) is 5.56 Å². The molecule has 0 amide bonds. The summed E-state index contributed by atoms with van der Waals surface area (Å²) in [6.07, 6.45) is 1.92. The van der Waals surface area contributed by atoms with Crippen molar-refractivity contribution in [3.8, 4) is 5.75 Å². The predicted octanol–water partition coefficient (Wildman–Crippen LogP) is 3.37. The highest BCUT2D eigenvalue weighted by molar-refractivity contribution is 5.63. The lowest BCUT2D eigenvalue weighted by molar-refractivity contribution is 0.240. The minimum absolute atomic E-state index is 0.0432. The van der Waals surface area contributed by atoms with Gasteiger partial charge in [0.1, 0.15) is 17.3 Å². The van der Waals surface area contributed by atoms with Crippen LogP contribution >= 0.6 is 0 Å². The van der Waals surface area contributed by atoms with Gasteiger partial charge in [0.2, 0.25) is 0 Å². The number of hydrogen-bond acceptors (Lipinski definition) is 5. The molecule has 0 saturated carbocycles. The normalized spacial score (nSPS) is 11.3. The van der Waals surface area contributed by atoms with Gasteiger partial charge in [-0.25, -0.2) is 4.79 Å². The first-order valence-electron chi connectivity index (χ1n) is 10.4. The summed E-state index contributed by atoms with van der Waals surface area (Å²) in [5.41, 5.74) is 6.74. The minimum atomic E-state index is -0.469. The largest absolute Gasteiger partial charge is 0.491 e. The van der Waals surface area contributed by atoms with E-state index in [1.54, 1.807) is 0 Å². The number of nitrogen functional groups attached to an aromatic ring is 1. The van der Waals surface area contributed by atoms with Crippen LogP contribution < -0.4 is 26.6 Å². The number of hydrogen-bond donors (Lipinski definition) is 2. The van der Waals surface area contributed by atoms with Crippen molar-refractivity contribution in [3.63, 3.8) is 0 Å². The van der Waals surface area contributed by atoms with Crippen LogP contribution in [-0.4, -0.2) is 22.2 Å². The standard InChI is InChI=1S/C22H34N4O3/c1-6-7-12-25(14-17-10-8-9-11-18(17)29-16(4)5)19-20(23)26(13-15(2)3)22(28)24-21(19)27/h8-11,15-16H,6-7,12-14,23H2,1-5H3,(H,24,27,28). The van der Waals surface area contributed by atoms with Crippen LogP contribution in [0.5, 0.6) is 5.75 Å². The molecule has 0 aliphatic heterocycles. The molecule has 1 aromatic heterocycles. The second-order valence-electron chi connectivity index (χ2n) is 8.05. The third-order valence-corrected chi connectivity index (χ3v) is 4.56. The fourth-order valence-corrected chi connectivity index (χ4v) is 3.26. The van der Waals surface area contributed by atoms with Crippen LogP contribution in [0.3, 0.4) is 0 Å². The van der Waals surface area contributed by atoms with Crippen molar-refractivity contribution in [3.05, 3.63) is 50.7 Å². The molecule has 160 valence electrons. The number of nitrogens with two attached hydrogens (primary N) is 1. The molecule has 3 N–H and O–H groups in total. The van der Waals surface area contributed by atoms with E-state index in [2.05, 4.69) is 11.9 Å². The van der Waals surface area contributed by atoms with E-state index < -0.39 is 11.2 Å². The Labute approximate surface area is 172 Å². The summed E-state index contributed by atoms with van der Waals surface area (Å²) in [6.45, 7) is 11.6. The SMILES string of the molecule is CCCCN(Cc1ccccc1OC(C)C)c1c(N)n(CC(C)C)c(=O)[nH]c1=O. The third kappa shape index (κ3) is 5.89. The van der Waals surface area contributed by atoms with Gasteiger partial charge < -0.3 is 15.4 Å². The Morgan fingerprint density at radius 1 is 1.17 bits per heavy atom. The van der Waals surface area contributed by atoms with E-state index in [0.29, 0.717) is 25.3 Å². The van der Waals surface area contributed by atoms with E-state index in [-0.39, 0.29) is 17.8 Å². The first kappa shape index (κ1) is 22.6. The molecule has 29 heavy (non-hydrogen) atoms. The molecule has 7 heteroatoms. The van der Waals surface area contributed by atoms with E-state index in [0.717, 1.165) is 24.2 Å². The molecule has 2 rings (SSSR count). The van der Waals surface area contributed by atoms with Crippen molar-refractivity contribution in [1.29, 1.82) is 0 Å². The van der Waals surface area contributed by atoms with Crippen molar-refractivity contribution in [2.24, 2.45) is 5.92 Å². The third-order valence-electron chi connectivity index (χ3n) is 4.56. The quantitative estimate of drug-likeness (QED) is 0.635. The highest BCUT2D eigenvalue weighted by Gasteiger charge is 2.20. The van der Waals surface area contributed by atoms with Crippen LogP contribution in [0.15, 0.2) is 33.9 Å². The average Bonchev–Trinajstić information content (AvgIpc) is 2.63. The number of aromatic nitrogens is 2. The number of ether oxygens (including phenoxy) is 1. The lowest BCUT2D eigenvalue weighted by Gasteiger charge is -2.27. The first-order chi connectivity index (χ1) is 13.7. The minimum Gasteiger partial charge on any atom is -0.491 e. The van der Waals surface area contributed by atoms with E-state index in [1.165, 1.54) is 4.57 Å².